The number of piperidine rings is 3. The lowest BCUT2D eigenvalue weighted by Gasteiger charge is -2.49. The molecule has 3 fully saturated rings. The highest BCUT2D eigenvalue weighted by atomic mass is 127. The molecule has 90 valence electrons. The van der Waals surface area contributed by atoms with Gasteiger partial charge < -0.3 is 33.0 Å². The summed E-state index contributed by atoms with van der Waals surface area (Å²) in [4.78, 5) is 4.40. The van der Waals surface area contributed by atoms with Crippen molar-refractivity contribution in [3.8, 4) is 0 Å². The minimum Gasteiger partial charge on any atom is -1.00 e. The molecule has 0 aliphatic carbocycles. The molecule has 3 aliphatic rings. The number of halogens is 1. The van der Waals surface area contributed by atoms with Crippen LogP contribution in [-0.4, -0.2) is 41.3 Å². The molecule has 1 unspecified atom stereocenters. The van der Waals surface area contributed by atoms with Crippen molar-refractivity contribution in [1.82, 2.24) is 10.1 Å². The predicted molar refractivity (Wildman–Crippen MR) is 55.3 cm³/mol. The van der Waals surface area contributed by atoms with E-state index in [0.29, 0.717) is 5.92 Å². The molecule has 5 heteroatoms. The first-order valence-corrected chi connectivity index (χ1v) is 5.80. The molecule has 0 aromatic carbocycles. The fourth-order valence-corrected chi connectivity index (χ4v) is 3.16. The molecular formula is C11H18IN3O. The van der Waals surface area contributed by atoms with E-state index in [9.17, 15) is 0 Å². The second-order valence-corrected chi connectivity index (χ2v) is 5.37. The highest BCUT2D eigenvalue weighted by molar-refractivity contribution is 4.99. The molecule has 0 radical (unpaired) electrons. The molecule has 4 rings (SSSR count). The average Bonchev–Trinajstić information content (AvgIpc) is 2.65. The molecule has 4 nitrogen and oxygen atoms in total. The number of hydrogen-bond donors (Lipinski definition) is 0. The average molecular weight is 335 g/mol. The van der Waals surface area contributed by atoms with Crippen LogP contribution >= 0.6 is 0 Å². The SMILES string of the molecule is Cc1noc(C2C[N+]3(C)CCC2CC3)n1.[I-]. The van der Waals surface area contributed by atoms with Crippen molar-refractivity contribution in [3.05, 3.63) is 11.7 Å². The standard InChI is InChI=1S/C11H18N3O.HI/c1-8-12-11(15-13-8)10-7-14(2)5-3-9(10)4-6-14;/h9-10H,3-7H2,1-2H3;1H/q+1;/p-1. The van der Waals surface area contributed by atoms with E-state index in [0.717, 1.165) is 17.6 Å². The highest BCUT2D eigenvalue weighted by Gasteiger charge is 2.46. The summed E-state index contributed by atoms with van der Waals surface area (Å²) >= 11 is 0. The Morgan fingerprint density at radius 1 is 1.31 bits per heavy atom. The lowest BCUT2D eigenvalue weighted by molar-refractivity contribution is -0.926. The lowest BCUT2D eigenvalue weighted by Crippen LogP contribution is -3.00. The topological polar surface area (TPSA) is 38.9 Å². The molecule has 0 N–H and O–H groups in total. The third-order valence-corrected chi connectivity index (χ3v) is 4.15. The van der Waals surface area contributed by atoms with Gasteiger partial charge in [0.15, 0.2) is 5.82 Å². The number of fused-ring (bicyclic) bond motifs is 3. The van der Waals surface area contributed by atoms with Crippen molar-refractivity contribution >= 4 is 0 Å². The van der Waals surface area contributed by atoms with Gasteiger partial charge in [-0.15, -0.1) is 0 Å². The van der Waals surface area contributed by atoms with Gasteiger partial charge in [0.1, 0.15) is 0 Å². The number of rotatable bonds is 1. The quantitative estimate of drug-likeness (QED) is 0.455. The molecule has 4 heterocycles. The van der Waals surface area contributed by atoms with Gasteiger partial charge in [0.05, 0.1) is 32.6 Å². The van der Waals surface area contributed by atoms with Gasteiger partial charge >= 0.3 is 0 Å². The molecule has 1 aromatic rings. The number of nitrogens with zero attached hydrogens (tertiary/aromatic N) is 3. The molecule has 1 aromatic heterocycles. The van der Waals surface area contributed by atoms with Crippen LogP contribution in [0.1, 0.15) is 30.5 Å². The van der Waals surface area contributed by atoms with Crippen LogP contribution < -0.4 is 24.0 Å². The van der Waals surface area contributed by atoms with Crippen LogP contribution in [0.5, 0.6) is 0 Å². The van der Waals surface area contributed by atoms with Crippen molar-refractivity contribution in [1.29, 1.82) is 0 Å². The molecule has 1 atom stereocenters. The summed E-state index contributed by atoms with van der Waals surface area (Å²) < 4.78 is 6.53. The van der Waals surface area contributed by atoms with Crippen LogP contribution in [0, 0.1) is 12.8 Å². The Morgan fingerprint density at radius 2 is 2.00 bits per heavy atom. The number of quaternary nitrogens is 1. The summed E-state index contributed by atoms with van der Waals surface area (Å²) in [5.41, 5.74) is 0. The van der Waals surface area contributed by atoms with Crippen molar-refractivity contribution in [2.24, 2.45) is 5.92 Å². The summed E-state index contributed by atoms with van der Waals surface area (Å²) in [7, 11) is 2.35. The first kappa shape index (κ1) is 12.3. The van der Waals surface area contributed by atoms with Gasteiger partial charge in [0.2, 0.25) is 5.89 Å². The Kier molecular flexibility index (Phi) is 3.27. The van der Waals surface area contributed by atoms with Crippen molar-refractivity contribution < 1.29 is 33.0 Å². The fraction of sp³-hybridized carbons (Fsp3) is 0.818. The smallest absolute Gasteiger partial charge is 0.235 e. The highest BCUT2D eigenvalue weighted by Crippen LogP contribution is 2.41. The van der Waals surface area contributed by atoms with E-state index in [1.54, 1.807) is 0 Å². The van der Waals surface area contributed by atoms with E-state index in [2.05, 4.69) is 17.2 Å². The molecule has 2 bridgehead atoms. The first-order chi connectivity index (χ1) is 7.16. The summed E-state index contributed by atoms with van der Waals surface area (Å²) in [6.45, 7) is 5.74. The third-order valence-electron chi connectivity index (χ3n) is 4.15. The van der Waals surface area contributed by atoms with Crippen LogP contribution in [0.2, 0.25) is 0 Å². The maximum Gasteiger partial charge on any atom is 0.235 e. The maximum absolute atomic E-state index is 5.33. The van der Waals surface area contributed by atoms with Gasteiger partial charge in [-0.25, -0.2) is 0 Å². The van der Waals surface area contributed by atoms with Gasteiger partial charge in [-0.2, -0.15) is 4.98 Å². The minimum atomic E-state index is 0. The van der Waals surface area contributed by atoms with Crippen LogP contribution in [-0.2, 0) is 0 Å². The minimum absolute atomic E-state index is 0. The van der Waals surface area contributed by atoms with Crippen molar-refractivity contribution in [2.45, 2.75) is 25.7 Å². The largest absolute Gasteiger partial charge is 1.00 e. The molecule has 0 amide bonds. The van der Waals surface area contributed by atoms with Gasteiger partial charge in [0.25, 0.3) is 0 Å². The fourth-order valence-electron chi connectivity index (χ4n) is 3.16. The van der Waals surface area contributed by atoms with Gasteiger partial charge in [-0.3, -0.25) is 0 Å². The zero-order valence-corrected chi connectivity index (χ0v) is 12.0. The van der Waals surface area contributed by atoms with Crippen LogP contribution in [0.25, 0.3) is 0 Å². The van der Waals surface area contributed by atoms with E-state index in [4.69, 9.17) is 4.52 Å². The molecule has 3 saturated heterocycles. The van der Waals surface area contributed by atoms with E-state index in [-0.39, 0.29) is 24.0 Å². The number of aromatic nitrogens is 2. The molecule has 3 aliphatic heterocycles. The molecule has 0 saturated carbocycles. The third kappa shape index (κ3) is 1.99. The Balaban J connectivity index is 0.000000963. The summed E-state index contributed by atoms with van der Waals surface area (Å²) in [5, 5.41) is 3.91. The zero-order valence-electron chi connectivity index (χ0n) is 9.82. The van der Waals surface area contributed by atoms with Crippen molar-refractivity contribution in [3.63, 3.8) is 0 Å². The Labute approximate surface area is 113 Å². The van der Waals surface area contributed by atoms with Gasteiger partial charge in [-0.05, 0) is 12.8 Å². The van der Waals surface area contributed by atoms with E-state index >= 15 is 0 Å². The van der Waals surface area contributed by atoms with Crippen molar-refractivity contribution in [2.75, 3.05) is 26.7 Å². The maximum atomic E-state index is 5.33. The normalized spacial score (nSPS) is 37.1. The molecule has 0 spiro atoms. The number of aryl methyl sites for hydroxylation is 1. The van der Waals surface area contributed by atoms with Crippen LogP contribution in [0.3, 0.4) is 0 Å². The summed E-state index contributed by atoms with van der Waals surface area (Å²) in [6.07, 6.45) is 2.64. The van der Waals surface area contributed by atoms with E-state index < -0.39 is 0 Å². The molecular weight excluding hydrogens is 317 g/mol. The first-order valence-electron chi connectivity index (χ1n) is 5.80. The van der Waals surface area contributed by atoms with E-state index in [1.165, 1.54) is 37.0 Å². The van der Waals surface area contributed by atoms with Crippen LogP contribution in [0.15, 0.2) is 4.52 Å². The second kappa shape index (κ2) is 4.25. The van der Waals surface area contributed by atoms with Crippen LogP contribution in [0.4, 0.5) is 0 Å². The number of likely N-dealkylation sites (N-methyl/N-ethyl adjacent to an activating group) is 1. The summed E-state index contributed by atoms with van der Waals surface area (Å²) in [5.74, 6) is 2.94. The second-order valence-electron chi connectivity index (χ2n) is 5.37. The Bertz CT molecular complexity index is 371. The monoisotopic (exact) mass is 335 g/mol. The number of hydrogen-bond acceptors (Lipinski definition) is 3. The van der Waals surface area contributed by atoms with Gasteiger partial charge in [-0.1, -0.05) is 5.16 Å². The zero-order chi connectivity index (χ0) is 10.5. The van der Waals surface area contributed by atoms with E-state index in [1.807, 2.05) is 6.92 Å². The lowest BCUT2D eigenvalue weighted by atomic mass is 9.77. The summed E-state index contributed by atoms with van der Waals surface area (Å²) in [6, 6.07) is 0. The predicted octanol–water partition coefficient (Wildman–Crippen LogP) is -1.66. The molecule has 16 heavy (non-hydrogen) atoms. The van der Waals surface area contributed by atoms with Gasteiger partial charge in [0, 0.05) is 12.8 Å². The Hall–Kier alpha value is -0.170. The Morgan fingerprint density at radius 3 is 2.50 bits per heavy atom.